The predicted molar refractivity (Wildman–Crippen MR) is 117 cm³/mol. The van der Waals surface area contributed by atoms with Crippen LogP contribution in [0.3, 0.4) is 0 Å². The highest BCUT2D eigenvalue weighted by atomic mass is 35.5. The van der Waals surface area contributed by atoms with Crippen LogP contribution in [0.25, 0.3) is 0 Å². The summed E-state index contributed by atoms with van der Waals surface area (Å²) in [6, 6.07) is 21.6. The molecule has 158 valence electrons. The number of nitrogens with zero attached hydrogens (tertiary/aromatic N) is 1. The monoisotopic (exact) mass is 447 g/mol. The summed E-state index contributed by atoms with van der Waals surface area (Å²) in [7, 11) is -2.50. The number of anilines is 1. The molecule has 0 amide bonds. The van der Waals surface area contributed by atoms with Crippen molar-refractivity contribution in [1.29, 1.82) is 0 Å². The van der Waals surface area contributed by atoms with E-state index in [0.717, 1.165) is 4.31 Å². The van der Waals surface area contributed by atoms with Crippen molar-refractivity contribution in [3.8, 4) is 11.5 Å². The van der Waals surface area contributed by atoms with Gasteiger partial charge in [-0.1, -0.05) is 54.1 Å². The van der Waals surface area contributed by atoms with Gasteiger partial charge >= 0.3 is 0 Å². The standard InChI is InChI=1S/C22H22ClNO5S/c1-28-22-14-8-6-12-20(22)24(30(26,27)18-9-3-2-4-10-18)15-17(25)16-29-21-13-7-5-11-19(21)23/h2-14,17,25H,15-16H2,1H3/t17-/m0/s1. The number of aliphatic hydroxyl groups is 1. The highest BCUT2D eigenvalue weighted by Gasteiger charge is 2.29. The minimum atomic E-state index is -3.96. The minimum Gasteiger partial charge on any atom is -0.495 e. The molecular formula is C22H22ClNO5S. The second kappa shape index (κ2) is 9.84. The highest BCUT2D eigenvalue weighted by molar-refractivity contribution is 7.92. The van der Waals surface area contributed by atoms with Gasteiger partial charge < -0.3 is 14.6 Å². The number of hydrogen-bond donors (Lipinski definition) is 1. The Kier molecular flexibility index (Phi) is 7.20. The fraction of sp³-hybridized carbons (Fsp3) is 0.182. The van der Waals surface area contributed by atoms with E-state index in [9.17, 15) is 13.5 Å². The number of halogens is 1. The Balaban J connectivity index is 1.89. The van der Waals surface area contributed by atoms with E-state index in [0.29, 0.717) is 22.2 Å². The zero-order valence-electron chi connectivity index (χ0n) is 16.3. The van der Waals surface area contributed by atoms with E-state index in [2.05, 4.69) is 0 Å². The Morgan fingerprint density at radius 2 is 1.53 bits per heavy atom. The lowest BCUT2D eigenvalue weighted by molar-refractivity contribution is 0.115. The van der Waals surface area contributed by atoms with Gasteiger partial charge in [0.15, 0.2) is 0 Å². The molecule has 1 N–H and O–H groups in total. The summed E-state index contributed by atoms with van der Waals surface area (Å²) < 4.78 is 38.8. The van der Waals surface area contributed by atoms with Crippen molar-refractivity contribution in [3.63, 3.8) is 0 Å². The van der Waals surface area contributed by atoms with Crippen molar-refractivity contribution in [2.24, 2.45) is 0 Å². The molecule has 3 aromatic carbocycles. The predicted octanol–water partition coefficient (Wildman–Crippen LogP) is 3.98. The minimum absolute atomic E-state index is 0.107. The third-order valence-corrected chi connectivity index (χ3v) is 6.44. The number of benzene rings is 3. The number of methoxy groups -OCH3 is 1. The SMILES string of the molecule is COc1ccccc1N(C[C@H](O)COc1ccccc1Cl)S(=O)(=O)c1ccccc1. The van der Waals surface area contributed by atoms with E-state index in [4.69, 9.17) is 21.1 Å². The Morgan fingerprint density at radius 1 is 0.933 bits per heavy atom. The van der Waals surface area contributed by atoms with Crippen LogP contribution in [0.1, 0.15) is 0 Å². The first-order valence-electron chi connectivity index (χ1n) is 9.19. The summed E-state index contributed by atoms with van der Waals surface area (Å²) in [5.41, 5.74) is 0.320. The van der Waals surface area contributed by atoms with Gasteiger partial charge in [0.2, 0.25) is 0 Å². The number of para-hydroxylation sites is 3. The summed E-state index contributed by atoms with van der Waals surface area (Å²) >= 11 is 6.07. The van der Waals surface area contributed by atoms with Crippen LogP contribution in [0.5, 0.6) is 11.5 Å². The second-order valence-electron chi connectivity index (χ2n) is 6.42. The largest absolute Gasteiger partial charge is 0.495 e. The lowest BCUT2D eigenvalue weighted by Gasteiger charge is -2.28. The normalized spacial score (nSPS) is 12.2. The number of sulfonamides is 1. The quantitative estimate of drug-likeness (QED) is 0.537. The van der Waals surface area contributed by atoms with E-state index in [-0.39, 0.29) is 18.0 Å². The van der Waals surface area contributed by atoms with Gasteiger partial charge in [0.05, 0.1) is 29.3 Å². The first-order chi connectivity index (χ1) is 14.4. The van der Waals surface area contributed by atoms with Crippen LogP contribution < -0.4 is 13.8 Å². The lowest BCUT2D eigenvalue weighted by atomic mass is 10.2. The Bertz CT molecular complexity index is 1080. The van der Waals surface area contributed by atoms with Crippen LogP contribution in [0.4, 0.5) is 5.69 Å². The Labute approximate surface area is 181 Å². The third-order valence-electron chi connectivity index (χ3n) is 4.33. The molecular weight excluding hydrogens is 426 g/mol. The maximum atomic E-state index is 13.4. The van der Waals surface area contributed by atoms with Crippen LogP contribution in [-0.2, 0) is 10.0 Å². The number of ether oxygens (including phenoxy) is 2. The summed E-state index contributed by atoms with van der Waals surface area (Å²) in [4.78, 5) is 0.107. The molecule has 3 rings (SSSR count). The molecule has 0 bridgehead atoms. The van der Waals surface area contributed by atoms with Gasteiger partial charge in [-0.3, -0.25) is 4.31 Å². The fourth-order valence-corrected chi connectivity index (χ4v) is 4.60. The van der Waals surface area contributed by atoms with Gasteiger partial charge in [-0.15, -0.1) is 0 Å². The molecule has 0 unspecified atom stereocenters. The summed E-state index contributed by atoms with van der Waals surface area (Å²) in [6.07, 6.45) is -1.12. The number of hydrogen-bond acceptors (Lipinski definition) is 5. The molecule has 6 nitrogen and oxygen atoms in total. The summed E-state index contributed by atoms with van der Waals surface area (Å²) in [5.74, 6) is 0.782. The average Bonchev–Trinajstić information content (AvgIpc) is 2.77. The van der Waals surface area contributed by atoms with Gasteiger partial charge in [0.25, 0.3) is 10.0 Å². The molecule has 0 saturated carbocycles. The maximum Gasteiger partial charge on any atom is 0.264 e. The molecule has 0 radical (unpaired) electrons. The fourth-order valence-electron chi connectivity index (χ4n) is 2.87. The van der Waals surface area contributed by atoms with E-state index in [1.807, 2.05) is 0 Å². The first-order valence-corrected chi connectivity index (χ1v) is 11.0. The molecule has 8 heteroatoms. The van der Waals surface area contributed by atoms with Crippen LogP contribution in [0.2, 0.25) is 5.02 Å². The van der Waals surface area contributed by atoms with Crippen LogP contribution >= 0.6 is 11.6 Å². The van der Waals surface area contributed by atoms with Crippen LogP contribution in [0, 0.1) is 0 Å². The van der Waals surface area contributed by atoms with E-state index in [1.54, 1.807) is 66.7 Å². The highest BCUT2D eigenvalue weighted by Crippen LogP contribution is 2.32. The second-order valence-corrected chi connectivity index (χ2v) is 8.69. The maximum absolute atomic E-state index is 13.4. The molecule has 0 fully saturated rings. The van der Waals surface area contributed by atoms with Crippen molar-refractivity contribution in [3.05, 3.63) is 83.9 Å². The summed E-state index contributed by atoms with van der Waals surface area (Å²) in [6.45, 7) is -0.373. The average molecular weight is 448 g/mol. The van der Waals surface area contributed by atoms with Gasteiger partial charge in [-0.05, 0) is 36.4 Å². The third kappa shape index (κ3) is 5.05. The van der Waals surface area contributed by atoms with Gasteiger partial charge in [-0.25, -0.2) is 8.42 Å². The molecule has 0 aliphatic rings. The summed E-state index contributed by atoms with van der Waals surface area (Å²) in [5, 5.41) is 11.0. The lowest BCUT2D eigenvalue weighted by Crippen LogP contribution is -2.40. The molecule has 0 aliphatic heterocycles. The van der Waals surface area contributed by atoms with Crippen LogP contribution in [-0.4, -0.2) is 39.9 Å². The molecule has 1 atom stereocenters. The van der Waals surface area contributed by atoms with Crippen molar-refractivity contribution in [2.75, 3.05) is 24.6 Å². The van der Waals surface area contributed by atoms with Gasteiger partial charge in [0, 0.05) is 0 Å². The Hall–Kier alpha value is -2.74. The van der Waals surface area contributed by atoms with Crippen molar-refractivity contribution in [2.45, 2.75) is 11.0 Å². The molecule has 0 spiro atoms. The van der Waals surface area contributed by atoms with Gasteiger partial charge in [0.1, 0.15) is 24.2 Å². The van der Waals surface area contributed by atoms with Crippen molar-refractivity contribution in [1.82, 2.24) is 0 Å². The Morgan fingerprint density at radius 3 is 2.20 bits per heavy atom. The van der Waals surface area contributed by atoms with Gasteiger partial charge in [-0.2, -0.15) is 0 Å². The van der Waals surface area contributed by atoms with E-state index >= 15 is 0 Å². The zero-order valence-corrected chi connectivity index (χ0v) is 17.9. The van der Waals surface area contributed by atoms with E-state index < -0.39 is 16.1 Å². The molecule has 30 heavy (non-hydrogen) atoms. The number of aliphatic hydroxyl groups excluding tert-OH is 1. The van der Waals surface area contributed by atoms with E-state index in [1.165, 1.54) is 19.2 Å². The van der Waals surface area contributed by atoms with Crippen molar-refractivity contribution < 1.29 is 23.0 Å². The molecule has 0 aliphatic carbocycles. The van der Waals surface area contributed by atoms with Crippen molar-refractivity contribution >= 4 is 27.3 Å². The number of rotatable bonds is 9. The molecule has 0 heterocycles. The molecule has 3 aromatic rings. The van der Waals surface area contributed by atoms with Crippen LogP contribution in [0.15, 0.2) is 83.8 Å². The molecule has 0 aromatic heterocycles. The molecule has 0 saturated heterocycles. The topological polar surface area (TPSA) is 76.1 Å². The first kappa shape index (κ1) is 22.0. The smallest absolute Gasteiger partial charge is 0.264 e. The zero-order chi connectivity index (χ0) is 21.6.